The van der Waals surface area contributed by atoms with Gasteiger partial charge in [0, 0.05) is 13.1 Å². The van der Waals surface area contributed by atoms with Gasteiger partial charge in [0.25, 0.3) is 5.91 Å². The standard InChI is InChI=1S/C24H23F3N2O4/c1-33-16-10-8-14(9-11-16)12-28-22(31)19-20(17-4-2-3-5-18(17)24(25,26)27)29(13-15-6-7-15)23(32)21(19)30/h2-5,8-11,15,19-20H,6-7,12-13H2,1H3,(H,28,31). The minimum absolute atomic E-state index is 0.0526. The van der Waals surface area contributed by atoms with Crippen molar-refractivity contribution in [2.24, 2.45) is 11.8 Å². The Morgan fingerprint density at radius 2 is 1.76 bits per heavy atom. The predicted molar refractivity (Wildman–Crippen MR) is 112 cm³/mol. The molecule has 9 heteroatoms. The first-order valence-corrected chi connectivity index (χ1v) is 10.6. The normalized spacial score (nSPS) is 20.8. The Morgan fingerprint density at radius 1 is 1.09 bits per heavy atom. The van der Waals surface area contributed by atoms with Crippen LogP contribution < -0.4 is 10.1 Å². The van der Waals surface area contributed by atoms with E-state index in [1.807, 2.05) is 0 Å². The van der Waals surface area contributed by atoms with E-state index < -0.39 is 41.3 Å². The van der Waals surface area contributed by atoms with Crippen molar-refractivity contribution in [3.63, 3.8) is 0 Å². The quantitative estimate of drug-likeness (QED) is 0.507. The zero-order valence-electron chi connectivity index (χ0n) is 17.9. The third kappa shape index (κ3) is 4.72. The van der Waals surface area contributed by atoms with Crippen LogP contribution in [-0.4, -0.2) is 36.2 Å². The summed E-state index contributed by atoms with van der Waals surface area (Å²) >= 11 is 0. The summed E-state index contributed by atoms with van der Waals surface area (Å²) in [6, 6.07) is 10.3. The van der Waals surface area contributed by atoms with Gasteiger partial charge in [0.2, 0.25) is 11.7 Å². The Kier molecular flexibility index (Phi) is 6.14. The molecule has 1 saturated heterocycles. The summed E-state index contributed by atoms with van der Waals surface area (Å²) in [6.45, 7) is 0.209. The van der Waals surface area contributed by atoms with Crippen LogP contribution >= 0.6 is 0 Å². The SMILES string of the molecule is COc1ccc(CNC(=O)C2C(=O)C(=O)N(CC3CC3)C2c2ccccc2C(F)(F)F)cc1. The topological polar surface area (TPSA) is 75.7 Å². The van der Waals surface area contributed by atoms with Gasteiger partial charge in [-0.25, -0.2) is 0 Å². The van der Waals surface area contributed by atoms with Gasteiger partial charge in [-0.1, -0.05) is 30.3 Å². The molecule has 1 aliphatic heterocycles. The van der Waals surface area contributed by atoms with Gasteiger partial charge in [0.15, 0.2) is 0 Å². The molecule has 2 aromatic carbocycles. The molecule has 2 aromatic rings. The van der Waals surface area contributed by atoms with Gasteiger partial charge < -0.3 is 15.0 Å². The van der Waals surface area contributed by atoms with Gasteiger partial charge in [0.05, 0.1) is 18.7 Å². The van der Waals surface area contributed by atoms with E-state index in [2.05, 4.69) is 5.32 Å². The van der Waals surface area contributed by atoms with Crippen LogP contribution in [0, 0.1) is 11.8 Å². The molecule has 1 N–H and O–H groups in total. The molecular formula is C24H23F3N2O4. The second kappa shape index (κ2) is 8.88. The fraction of sp³-hybridized carbons (Fsp3) is 0.375. The number of ether oxygens (including phenoxy) is 1. The Hall–Kier alpha value is -3.36. The molecule has 174 valence electrons. The van der Waals surface area contributed by atoms with Gasteiger partial charge >= 0.3 is 6.18 Å². The van der Waals surface area contributed by atoms with E-state index in [-0.39, 0.29) is 24.6 Å². The number of ketones is 1. The summed E-state index contributed by atoms with van der Waals surface area (Å²) in [7, 11) is 1.52. The molecule has 4 rings (SSSR count). The molecule has 0 aromatic heterocycles. The first-order valence-electron chi connectivity index (χ1n) is 10.6. The van der Waals surface area contributed by atoms with Gasteiger partial charge in [0.1, 0.15) is 11.7 Å². The van der Waals surface area contributed by atoms with Crippen LogP contribution in [0.1, 0.15) is 35.6 Å². The molecule has 6 nitrogen and oxygen atoms in total. The number of halogens is 3. The number of nitrogens with zero attached hydrogens (tertiary/aromatic N) is 1. The van der Waals surface area contributed by atoms with Crippen LogP contribution in [0.2, 0.25) is 0 Å². The molecule has 33 heavy (non-hydrogen) atoms. The minimum atomic E-state index is -4.69. The number of carbonyl (C=O) groups is 3. The second-order valence-corrected chi connectivity index (χ2v) is 8.34. The monoisotopic (exact) mass is 460 g/mol. The first-order chi connectivity index (χ1) is 15.7. The number of benzene rings is 2. The number of hydrogen-bond donors (Lipinski definition) is 1. The van der Waals surface area contributed by atoms with Crippen molar-refractivity contribution in [2.45, 2.75) is 31.6 Å². The Balaban J connectivity index is 1.65. The molecule has 1 saturated carbocycles. The summed E-state index contributed by atoms with van der Waals surface area (Å²) in [5.41, 5.74) is -0.483. The van der Waals surface area contributed by atoms with Crippen LogP contribution in [0.25, 0.3) is 0 Å². The van der Waals surface area contributed by atoms with Crippen LogP contribution in [0.4, 0.5) is 13.2 Å². The predicted octanol–water partition coefficient (Wildman–Crippen LogP) is 3.51. The van der Waals surface area contributed by atoms with Crippen molar-refractivity contribution >= 4 is 17.6 Å². The number of methoxy groups -OCH3 is 1. The number of amides is 2. The molecule has 2 atom stereocenters. The summed E-state index contributed by atoms with van der Waals surface area (Å²) < 4.78 is 46.4. The Morgan fingerprint density at radius 3 is 2.36 bits per heavy atom. The van der Waals surface area contributed by atoms with E-state index in [9.17, 15) is 27.6 Å². The van der Waals surface area contributed by atoms with Crippen molar-refractivity contribution < 1.29 is 32.3 Å². The number of Topliss-reactive ketones (excluding diaryl/α,β-unsaturated/α-hetero) is 1. The first kappa shape index (κ1) is 22.8. The Bertz CT molecular complexity index is 1060. The van der Waals surface area contributed by atoms with Crippen LogP contribution in [0.5, 0.6) is 5.75 Å². The largest absolute Gasteiger partial charge is 0.497 e. The maximum Gasteiger partial charge on any atom is 0.416 e. The number of likely N-dealkylation sites (tertiary alicyclic amines) is 1. The minimum Gasteiger partial charge on any atom is -0.497 e. The molecule has 2 unspecified atom stereocenters. The summed E-state index contributed by atoms with van der Waals surface area (Å²) in [6.07, 6.45) is -3.03. The molecule has 0 spiro atoms. The van der Waals surface area contributed by atoms with Crippen molar-refractivity contribution in [3.05, 3.63) is 65.2 Å². The van der Waals surface area contributed by atoms with Crippen molar-refractivity contribution in [2.75, 3.05) is 13.7 Å². The fourth-order valence-electron chi connectivity index (χ4n) is 4.16. The number of hydrogen-bond acceptors (Lipinski definition) is 4. The fourth-order valence-corrected chi connectivity index (χ4v) is 4.16. The van der Waals surface area contributed by atoms with Crippen LogP contribution in [-0.2, 0) is 27.1 Å². The molecule has 2 aliphatic rings. The highest BCUT2D eigenvalue weighted by atomic mass is 19.4. The van der Waals surface area contributed by atoms with Crippen LogP contribution in [0.15, 0.2) is 48.5 Å². The van der Waals surface area contributed by atoms with Gasteiger partial charge in [-0.15, -0.1) is 0 Å². The molecule has 0 bridgehead atoms. The average molecular weight is 460 g/mol. The second-order valence-electron chi connectivity index (χ2n) is 8.34. The van der Waals surface area contributed by atoms with E-state index in [1.165, 1.54) is 25.3 Å². The lowest BCUT2D eigenvalue weighted by Crippen LogP contribution is -2.38. The lowest BCUT2D eigenvalue weighted by atomic mass is 9.88. The van der Waals surface area contributed by atoms with Gasteiger partial charge in [-0.3, -0.25) is 14.4 Å². The van der Waals surface area contributed by atoms with Crippen molar-refractivity contribution in [1.29, 1.82) is 0 Å². The number of carbonyl (C=O) groups excluding carboxylic acids is 3. The third-order valence-corrected chi connectivity index (χ3v) is 6.05. The van der Waals surface area contributed by atoms with Crippen LogP contribution in [0.3, 0.4) is 0 Å². The maximum absolute atomic E-state index is 13.8. The smallest absolute Gasteiger partial charge is 0.416 e. The lowest BCUT2D eigenvalue weighted by molar-refractivity contribution is -0.142. The van der Waals surface area contributed by atoms with E-state index in [4.69, 9.17) is 4.74 Å². The van der Waals surface area contributed by atoms with Crippen molar-refractivity contribution in [3.8, 4) is 5.75 Å². The molecule has 1 heterocycles. The molecule has 0 radical (unpaired) electrons. The molecular weight excluding hydrogens is 437 g/mol. The third-order valence-electron chi connectivity index (χ3n) is 6.05. The van der Waals surface area contributed by atoms with Gasteiger partial charge in [-0.2, -0.15) is 13.2 Å². The Labute approximate surface area is 188 Å². The lowest BCUT2D eigenvalue weighted by Gasteiger charge is -2.29. The highest BCUT2D eigenvalue weighted by molar-refractivity contribution is 6.42. The zero-order chi connectivity index (χ0) is 23.8. The molecule has 2 amide bonds. The summed E-state index contributed by atoms with van der Waals surface area (Å²) in [5.74, 6) is -3.47. The van der Waals surface area contributed by atoms with E-state index in [1.54, 1.807) is 24.3 Å². The summed E-state index contributed by atoms with van der Waals surface area (Å²) in [5, 5.41) is 2.62. The summed E-state index contributed by atoms with van der Waals surface area (Å²) in [4.78, 5) is 39.9. The van der Waals surface area contributed by atoms with E-state index >= 15 is 0 Å². The molecule has 1 aliphatic carbocycles. The number of rotatable bonds is 7. The number of alkyl halides is 3. The highest BCUT2D eigenvalue weighted by Gasteiger charge is 2.54. The molecule has 2 fully saturated rings. The van der Waals surface area contributed by atoms with E-state index in [0.717, 1.165) is 23.8 Å². The average Bonchev–Trinajstić information content (AvgIpc) is 3.59. The van der Waals surface area contributed by atoms with E-state index in [0.29, 0.717) is 11.3 Å². The van der Waals surface area contributed by atoms with Crippen molar-refractivity contribution in [1.82, 2.24) is 10.2 Å². The highest BCUT2D eigenvalue weighted by Crippen LogP contribution is 2.44. The number of nitrogens with one attached hydrogen (secondary N) is 1. The van der Waals surface area contributed by atoms with Gasteiger partial charge in [-0.05, 0) is 48.1 Å². The maximum atomic E-state index is 13.8. The zero-order valence-corrected chi connectivity index (χ0v) is 17.9.